The number of rotatable bonds is 3. The van der Waals surface area contributed by atoms with E-state index in [0.717, 1.165) is 26.1 Å². The van der Waals surface area contributed by atoms with Gasteiger partial charge in [0.25, 0.3) is 0 Å². The number of hydrogen-bond acceptors (Lipinski definition) is 2. The summed E-state index contributed by atoms with van der Waals surface area (Å²) in [6, 6.07) is 0. The summed E-state index contributed by atoms with van der Waals surface area (Å²) >= 11 is 5.71. The molecular formula is C9H18ClNO. The van der Waals surface area contributed by atoms with Crippen molar-refractivity contribution in [3.8, 4) is 0 Å². The Balaban J connectivity index is 2.28. The predicted molar refractivity (Wildman–Crippen MR) is 51.6 cm³/mol. The van der Waals surface area contributed by atoms with Crippen molar-refractivity contribution in [1.29, 1.82) is 0 Å². The fourth-order valence-corrected chi connectivity index (χ4v) is 1.78. The van der Waals surface area contributed by atoms with Crippen molar-refractivity contribution in [1.82, 2.24) is 4.90 Å². The molecule has 1 saturated heterocycles. The Morgan fingerprint density at radius 2 is 2.33 bits per heavy atom. The van der Waals surface area contributed by atoms with E-state index in [0.29, 0.717) is 11.8 Å². The lowest BCUT2D eigenvalue weighted by atomic mass is 10.1. The van der Waals surface area contributed by atoms with Crippen LogP contribution < -0.4 is 0 Å². The Hall–Kier alpha value is 0.210. The van der Waals surface area contributed by atoms with Crippen molar-refractivity contribution in [2.24, 2.45) is 5.92 Å². The monoisotopic (exact) mass is 191 g/mol. The summed E-state index contributed by atoms with van der Waals surface area (Å²) < 4.78 is 0. The molecule has 0 aromatic rings. The zero-order valence-electron chi connectivity index (χ0n) is 7.89. The molecule has 0 aromatic carbocycles. The number of β-amino-alcohol motifs (C(OH)–C–C–N with tert-alkyl or cyclic N) is 1. The van der Waals surface area contributed by atoms with Gasteiger partial charge in [-0.2, -0.15) is 0 Å². The summed E-state index contributed by atoms with van der Waals surface area (Å²) in [5, 5.41) is 9.68. The summed E-state index contributed by atoms with van der Waals surface area (Å²) in [4.78, 5) is 2.28. The molecule has 0 aromatic heterocycles. The van der Waals surface area contributed by atoms with Gasteiger partial charge in [-0.1, -0.05) is 6.92 Å². The second-order valence-electron chi connectivity index (χ2n) is 4.24. The van der Waals surface area contributed by atoms with Gasteiger partial charge in [-0.25, -0.2) is 0 Å². The SMILES string of the molecule is CC(CCl)CN1CCC(C)(O)C1. The number of alkyl halides is 1. The molecule has 3 heteroatoms. The lowest BCUT2D eigenvalue weighted by Crippen LogP contribution is -2.32. The molecular weight excluding hydrogens is 174 g/mol. The highest BCUT2D eigenvalue weighted by atomic mass is 35.5. The van der Waals surface area contributed by atoms with E-state index in [2.05, 4.69) is 11.8 Å². The quantitative estimate of drug-likeness (QED) is 0.681. The zero-order valence-corrected chi connectivity index (χ0v) is 8.64. The fourth-order valence-electron chi connectivity index (χ4n) is 1.68. The largest absolute Gasteiger partial charge is 0.389 e. The summed E-state index contributed by atoms with van der Waals surface area (Å²) in [6.45, 7) is 6.86. The first kappa shape index (κ1) is 10.3. The van der Waals surface area contributed by atoms with Crippen LogP contribution in [0.1, 0.15) is 20.3 Å². The number of likely N-dealkylation sites (tertiary alicyclic amines) is 1. The first-order valence-corrected chi connectivity index (χ1v) is 5.08. The van der Waals surface area contributed by atoms with Crippen LogP contribution in [-0.2, 0) is 0 Å². The highest BCUT2D eigenvalue weighted by Gasteiger charge is 2.31. The Kier molecular flexibility index (Phi) is 3.38. The average molecular weight is 192 g/mol. The highest BCUT2D eigenvalue weighted by molar-refractivity contribution is 6.18. The first-order chi connectivity index (χ1) is 5.53. The third-order valence-electron chi connectivity index (χ3n) is 2.36. The van der Waals surface area contributed by atoms with Crippen molar-refractivity contribution in [2.75, 3.05) is 25.5 Å². The Labute approximate surface area is 79.5 Å². The van der Waals surface area contributed by atoms with Crippen LogP contribution >= 0.6 is 11.6 Å². The first-order valence-electron chi connectivity index (χ1n) is 4.54. The molecule has 12 heavy (non-hydrogen) atoms. The smallest absolute Gasteiger partial charge is 0.0758 e. The van der Waals surface area contributed by atoms with Gasteiger partial charge in [0.05, 0.1) is 5.60 Å². The zero-order chi connectivity index (χ0) is 9.19. The molecule has 2 nitrogen and oxygen atoms in total. The second kappa shape index (κ2) is 3.95. The summed E-state index contributed by atoms with van der Waals surface area (Å²) in [5.41, 5.74) is -0.466. The Morgan fingerprint density at radius 3 is 2.75 bits per heavy atom. The number of hydrogen-bond donors (Lipinski definition) is 1. The van der Waals surface area contributed by atoms with Crippen LogP contribution in [0.25, 0.3) is 0 Å². The third-order valence-corrected chi connectivity index (χ3v) is 2.89. The molecule has 0 amide bonds. The van der Waals surface area contributed by atoms with E-state index in [1.54, 1.807) is 0 Å². The van der Waals surface area contributed by atoms with E-state index in [4.69, 9.17) is 11.6 Å². The topological polar surface area (TPSA) is 23.5 Å². The van der Waals surface area contributed by atoms with Crippen LogP contribution in [0.15, 0.2) is 0 Å². The maximum absolute atomic E-state index is 9.68. The normalized spacial score (nSPS) is 34.0. The van der Waals surface area contributed by atoms with Crippen molar-refractivity contribution in [3.05, 3.63) is 0 Å². The lowest BCUT2D eigenvalue weighted by molar-refractivity contribution is 0.0674. The Morgan fingerprint density at radius 1 is 1.67 bits per heavy atom. The molecule has 72 valence electrons. The predicted octanol–water partition coefficient (Wildman–Crippen LogP) is 1.32. The number of halogens is 1. The van der Waals surface area contributed by atoms with Crippen LogP contribution in [0.3, 0.4) is 0 Å². The minimum absolute atomic E-state index is 0.466. The minimum atomic E-state index is -0.466. The summed E-state index contributed by atoms with van der Waals surface area (Å²) in [6.07, 6.45) is 0.891. The second-order valence-corrected chi connectivity index (χ2v) is 4.55. The number of aliphatic hydroxyl groups is 1. The molecule has 1 N–H and O–H groups in total. The van der Waals surface area contributed by atoms with Crippen molar-refractivity contribution in [2.45, 2.75) is 25.9 Å². The van der Waals surface area contributed by atoms with E-state index in [1.807, 2.05) is 6.92 Å². The van der Waals surface area contributed by atoms with Gasteiger partial charge in [0.1, 0.15) is 0 Å². The summed E-state index contributed by atoms with van der Waals surface area (Å²) in [5.74, 6) is 1.24. The van der Waals surface area contributed by atoms with E-state index in [9.17, 15) is 5.11 Å². The van der Waals surface area contributed by atoms with Crippen LogP contribution in [0.2, 0.25) is 0 Å². The van der Waals surface area contributed by atoms with Crippen molar-refractivity contribution in [3.63, 3.8) is 0 Å². The van der Waals surface area contributed by atoms with Gasteiger partial charge in [0.15, 0.2) is 0 Å². The molecule has 0 aliphatic carbocycles. The van der Waals surface area contributed by atoms with Crippen molar-refractivity contribution < 1.29 is 5.11 Å². The van der Waals surface area contributed by atoms with Crippen LogP contribution in [0.5, 0.6) is 0 Å². The van der Waals surface area contributed by atoms with E-state index >= 15 is 0 Å². The molecule has 1 aliphatic heterocycles. The van der Waals surface area contributed by atoms with Crippen LogP contribution in [0.4, 0.5) is 0 Å². The van der Waals surface area contributed by atoms with Gasteiger partial charge in [-0.3, -0.25) is 0 Å². The highest BCUT2D eigenvalue weighted by Crippen LogP contribution is 2.20. The molecule has 2 atom stereocenters. The van der Waals surface area contributed by atoms with Crippen LogP contribution in [-0.4, -0.2) is 41.1 Å². The lowest BCUT2D eigenvalue weighted by Gasteiger charge is -2.20. The van der Waals surface area contributed by atoms with Gasteiger partial charge in [0.2, 0.25) is 0 Å². The van der Waals surface area contributed by atoms with E-state index < -0.39 is 5.60 Å². The fraction of sp³-hybridized carbons (Fsp3) is 1.00. The molecule has 1 rings (SSSR count). The number of nitrogens with zero attached hydrogens (tertiary/aromatic N) is 1. The molecule has 1 fully saturated rings. The summed E-state index contributed by atoms with van der Waals surface area (Å²) in [7, 11) is 0. The molecule has 1 aliphatic rings. The molecule has 1 heterocycles. The standard InChI is InChI=1S/C9H18ClNO/c1-8(5-10)6-11-4-3-9(2,12)7-11/h8,12H,3-7H2,1-2H3. The molecule has 2 unspecified atom stereocenters. The van der Waals surface area contributed by atoms with Crippen molar-refractivity contribution >= 4 is 11.6 Å². The van der Waals surface area contributed by atoms with E-state index in [-0.39, 0.29) is 0 Å². The maximum atomic E-state index is 9.68. The molecule has 0 bridgehead atoms. The van der Waals surface area contributed by atoms with Crippen LogP contribution in [0, 0.1) is 5.92 Å². The Bertz CT molecular complexity index is 149. The molecule has 0 saturated carbocycles. The average Bonchev–Trinajstić information content (AvgIpc) is 2.30. The third kappa shape index (κ3) is 2.92. The molecule has 0 radical (unpaired) electrons. The minimum Gasteiger partial charge on any atom is -0.389 e. The van der Waals surface area contributed by atoms with Gasteiger partial charge < -0.3 is 10.0 Å². The van der Waals surface area contributed by atoms with Gasteiger partial charge in [0, 0.05) is 25.5 Å². The molecule has 0 spiro atoms. The van der Waals surface area contributed by atoms with Gasteiger partial charge >= 0.3 is 0 Å². The van der Waals surface area contributed by atoms with Gasteiger partial charge in [-0.05, 0) is 19.3 Å². The maximum Gasteiger partial charge on any atom is 0.0758 e. The van der Waals surface area contributed by atoms with Gasteiger partial charge in [-0.15, -0.1) is 11.6 Å². The van der Waals surface area contributed by atoms with E-state index in [1.165, 1.54) is 0 Å².